The summed E-state index contributed by atoms with van der Waals surface area (Å²) in [5.41, 5.74) is 12.3. The molecule has 3 nitrogen and oxygen atoms in total. The molecule has 0 bridgehead atoms. The van der Waals surface area contributed by atoms with E-state index in [0.29, 0.717) is 5.82 Å². The fraction of sp³-hybridized carbons (Fsp3) is 0. The molecule has 0 aliphatic carbocycles. The van der Waals surface area contributed by atoms with E-state index in [1.165, 1.54) is 27.5 Å². The number of benzene rings is 9. The first kappa shape index (κ1) is 31.2. The van der Waals surface area contributed by atoms with Gasteiger partial charge in [0.25, 0.3) is 0 Å². The molecule has 2 heterocycles. The summed E-state index contributed by atoms with van der Waals surface area (Å²) >= 11 is 0. The minimum atomic E-state index is 0.664. The monoisotopic (exact) mass is 700 g/mol. The van der Waals surface area contributed by atoms with Gasteiger partial charge in [0.15, 0.2) is 5.82 Å². The number of fused-ring (bicyclic) bond motifs is 6. The quantitative estimate of drug-likeness (QED) is 0.179. The van der Waals surface area contributed by atoms with Crippen LogP contribution in [0.3, 0.4) is 0 Å². The van der Waals surface area contributed by atoms with Gasteiger partial charge in [-0.25, -0.2) is 9.97 Å². The van der Waals surface area contributed by atoms with Gasteiger partial charge >= 0.3 is 0 Å². The van der Waals surface area contributed by atoms with E-state index in [1.807, 2.05) is 6.07 Å². The number of aromatic nitrogens is 2. The minimum Gasteiger partial charge on any atom is -0.455 e. The van der Waals surface area contributed by atoms with E-state index < -0.39 is 0 Å². The van der Waals surface area contributed by atoms with Crippen molar-refractivity contribution in [1.29, 1.82) is 0 Å². The van der Waals surface area contributed by atoms with Crippen LogP contribution >= 0.6 is 0 Å². The van der Waals surface area contributed by atoms with Crippen LogP contribution in [0.1, 0.15) is 0 Å². The smallest absolute Gasteiger partial charge is 0.161 e. The molecule has 11 aromatic rings. The molecular formula is C52H32N2O. The second-order valence-electron chi connectivity index (χ2n) is 14.1. The zero-order chi connectivity index (χ0) is 36.3. The molecule has 3 heteroatoms. The van der Waals surface area contributed by atoms with Crippen molar-refractivity contribution >= 4 is 54.4 Å². The molecule has 256 valence electrons. The Morgan fingerprint density at radius 2 is 0.982 bits per heavy atom. The summed E-state index contributed by atoms with van der Waals surface area (Å²) in [5, 5.41) is 7.84. The molecule has 0 aliphatic rings. The molecular weight excluding hydrogens is 669 g/mol. The topological polar surface area (TPSA) is 38.9 Å². The summed E-state index contributed by atoms with van der Waals surface area (Å²) < 4.78 is 6.89. The van der Waals surface area contributed by atoms with Gasteiger partial charge in [0.2, 0.25) is 0 Å². The molecule has 55 heavy (non-hydrogen) atoms. The molecule has 0 saturated carbocycles. The first-order valence-corrected chi connectivity index (χ1v) is 18.6. The van der Waals surface area contributed by atoms with Crippen LogP contribution in [-0.4, -0.2) is 9.97 Å². The molecule has 0 saturated heterocycles. The summed E-state index contributed by atoms with van der Waals surface area (Å²) in [6, 6.07) is 68.5. The lowest BCUT2D eigenvalue weighted by Crippen LogP contribution is -1.96. The highest BCUT2D eigenvalue weighted by atomic mass is 16.3. The van der Waals surface area contributed by atoms with Gasteiger partial charge in [-0.1, -0.05) is 158 Å². The number of hydrogen-bond donors (Lipinski definition) is 0. The Kier molecular flexibility index (Phi) is 7.17. The van der Waals surface area contributed by atoms with Crippen LogP contribution in [0.25, 0.3) is 110 Å². The van der Waals surface area contributed by atoms with Crippen LogP contribution in [0, 0.1) is 0 Å². The van der Waals surface area contributed by atoms with Gasteiger partial charge in [0.05, 0.1) is 11.2 Å². The Balaban J connectivity index is 1.12. The number of para-hydroxylation sites is 1. The van der Waals surface area contributed by atoms with Gasteiger partial charge in [-0.3, -0.25) is 0 Å². The average molecular weight is 701 g/mol. The molecule has 0 spiro atoms. The standard InChI is InChI=1S/C52H32N2O/c1-2-12-33(13-3-1)37-18-10-19-40(30-37)43-28-29-45(49-46-31-38-15-4-5-16-39(38)32-48(46)55-51(43)49)52-53-47-23-9-8-21-44(47)50(54-52)36-26-24-35(25-27-36)42-22-11-17-34-14-6-7-20-41(34)42/h1-32H. The van der Waals surface area contributed by atoms with Crippen LogP contribution in [0.5, 0.6) is 0 Å². The molecule has 9 aromatic carbocycles. The first-order chi connectivity index (χ1) is 27.2. The maximum absolute atomic E-state index is 6.89. The normalized spacial score (nSPS) is 11.6. The zero-order valence-electron chi connectivity index (χ0n) is 29.8. The van der Waals surface area contributed by atoms with E-state index in [4.69, 9.17) is 14.4 Å². The van der Waals surface area contributed by atoms with Gasteiger partial charge < -0.3 is 4.42 Å². The lowest BCUT2D eigenvalue weighted by atomic mass is 9.94. The molecule has 0 N–H and O–H groups in total. The number of hydrogen-bond acceptors (Lipinski definition) is 3. The molecule has 0 atom stereocenters. The van der Waals surface area contributed by atoms with Crippen LogP contribution in [0.15, 0.2) is 199 Å². The van der Waals surface area contributed by atoms with E-state index in [9.17, 15) is 0 Å². The highest BCUT2D eigenvalue weighted by molar-refractivity contribution is 6.18. The highest BCUT2D eigenvalue weighted by Gasteiger charge is 2.21. The Morgan fingerprint density at radius 3 is 1.84 bits per heavy atom. The predicted molar refractivity (Wildman–Crippen MR) is 229 cm³/mol. The van der Waals surface area contributed by atoms with Gasteiger partial charge in [0, 0.05) is 32.8 Å². The molecule has 0 fully saturated rings. The van der Waals surface area contributed by atoms with Gasteiger partial charge in [-0.05, 0) is 85.8 Å². The molecule has 2 aromatic heterocycles. The van der Waals surface area contributed by atoms with E-state index >= 15 is 0 Å². The zero-order valence-corrected chi connectivity index (χ0v) is 29.8. The lowest BCUT2D eigenvalue weighted by Gasteiger charge is -2.13. The summed E-state index contributed by atoms with van der Waals surface area (Å²) in [6.07, 6.45) is 0. The Hall–Kier alpha value is -7.36. The molecule has 0 radical (unpaired) electrons. The van der Waals surface area contributed by atoms with Crippen molar-refractivity contribution in [2.24, 2.45) is 0 Å². The van der Waals surface area contributed by atoms with E-state index in [-0.39, 0.29) is 0 Å². The molecule has 0 aliphatic heterocycles. The van der Waals surface area contributed by atoms with Gasteiger partial charge in [0.1, 0.15) is 11.2 Å². The first-order valence-electron chi connectivity index (χ1n) is 18.6. The third kappa shape index (κ3) is 5.28. The minimum absolute atomic E-state index is 0.664. The number of nitrogens with zero attached hydrogens (tertiary/aromatic N) is 2. The fourth-order valence-electron chi connectivity index (χ4n) is 8.18. The molecule has 0 unspecified atom stereocenters. The average Bonchev–Trinajstić information content (AvgIpc) is 3.63. The Labute approximate surface area is 317 Å². The second-order valence-corrected chi connectivity index (χ2v) is 14.1. The maximum Gasteiger partial charge on any atom is 0.161 e. The fourth-order valence-corrected chi connectivity index (χ4v) is 8.18. The van der Waals surface area contributed by atoms with E-state index in [2.05, 4.69) is 188 Å². The lowest BCUT2D eigenvalue weighted by molar-refractivity contribution is 0.670. The second kappa shape index (κ2) is 12.6. The number of furan rings is 1. The van der Waals surface area contributed by atoms with Crippen molar-refractivity contribution in [3.05, 3.63) is 194 Å². The van der Waals surface area contributed by atoms with Gasteiger partial charge in [-0.15, -0.1) is 0 Å². The summed E-state index contributed by atoms with van der Waals surface area (Å²) in [7, 11) is 0. The highest BCUT2D eigenvalue weighted by Crippen LogP contribution is 2.44. The van der Waals surface area contributed by atoms with Crippen molar-refractivity contribution in [2.75, 3.05) is 0 Å². The van der Waals surface area contributed by atoms with Crippen molar-refractivity contribution in [3.8, 4) is 56.0 Å². The molecule has 11 rings (SSSR count). The largest absolute Gasteiger partial charge is 0.455 e. The van der Waals surface area contributed by atoms with E-state index in [0.717, 1.165) is 77.1 Å². The number of rotatable bonds is 5. The van der Waals surface area contributed by atoms with Crippen LogP contribution in [0.2, 0.25) is 0 Å². The van der Waals surface area contributed by atoms with Crippen molar-refractivity contribution in [1.82, 2.24) is 9.97 Å². The summed E-state index contributed by atoms with van der Waals surface area (Å²) in [4.78, 5) is 10.6. The van der Waals surface area contributed by atoms with Crippen molar-refractivity contribution < 1.29 is 4.42 Å². The van der Waals surface area contributed by atoms with Crippen LogP contribution < -0.4 is 0 Å². The van der Waals surface area contributed by atoms with Crippen LogP contribution in [-0.2, 0) is 0 Å². The Morgan fingerprint density at radius 1 is 0.345 bits per heavy atom. The van der Waals surface area contributed by atoms with Crippen LogP contribution in [0.4, 0.5) is 0 Å². The van der Waals surface area contributed by atoms with Crippen molar-refractivity contribution in [3.63, 3.8) is 0 Å². The maximum atomic E-state index is 6.89. The molecule has 0 amide bonds. The Bertz CT molecular complexity index is 3250. The van der Waals surface area contributed by atoms with Gasteiger partial charge in [-0.2, -0.15) is 0 Å². The predicted octanol–water partition coefficient (Wildman–Crippen LogP) is 14.2. The van der Waals surface area contributed by atoms with Crippen molar-refractivity contribution in [2.45, 2.75) is 0 Å². The summed E-state index contributed by atoms with van der Waals surface area (Å²) in [5.74, 6) is 0.664. The summed E-state index contributed by atoms with van der Waals surface area (Å²) in [6.45, 7) is 0. The third-order valence-electron chi connectivity index (χ3n) is 10.9. The van der Waals surface area contributed by atoms with E-state index in [1.54, 1.807) is 0 Å². The SMILES string of the molecule is c1ccc(-c2cccc(-c3ccc(-c4nc(-c5ccc(-c6cccc7ccccc67)cc5)c5ccccc5n4)c4c3oc3cc5ccccc5cc34)c2)cc1. The third-order valence-corrected chi connectivity index (χ3v) is 10.9.